The number of sulfonamides is 1. The normalized spacial score (nSPS) is 11.9. The largest absolute Gasteiger partial charge is 0.418 e. The Labute approximate surface area is 151 Å². The lowest BCUT2D eigenvalue weighted by Crippen LogP contribution is -2.38. The van der Waals surface area contributed by atoms with Gasteiger partial charge < -0.3 is 5.32 Å². The highest BCUT2D eigenvalue weighted by Crippen LogP contribution is 2.34. The zero-order valence-electron chi connectivity index (χ0n) is 13.7. The third-order valence-electron chi connectivity index (χ3n) is 3.37. The van der Waals surface area contributed by atoms with Crippen LogP contribution in [0.2, 0.25) is 0 Å². The van der Waals surface area contributed by atoms with Crippen LogP contribution in [0.5, 0.6) is 0 Å². The molecule has 0 saturated heterocycles. The molecule has 27 heavy (non-hydrogen) atoms. The highest BCUT2D eigenvalue weighted by Gasteiger charge is 2.34. The van der Waals surface area contributed by atoms with Gasteiger partial charge in [0.1, 0.15) is 18.2 Å². The molecule has 0 atom stereocenters. The van der Waals surface area contributed by atoms with E-state index in [1.807, 2.05) is 5.32 Å². The number of nitrogens with one attached hydrogen (secondary N) is 1. The lowest BCUT2D eigenvalue weighted by Gasteiger charge is -2.23. The quantitative estimate of drug-likeness (QED) is 0.772. The third kappa shape index (κ3) is 5.16. The van der Waals surface area contributed by atoms with Crippen LogP contribution in [-0.4, -0.2) is 27.1 Å². The highest BCUT2D eigenvalue weighted by atomic mass is 32.2. The number of benzene rings is 2. The molecule has 0 aliphatic carbocycles. The summed E-state index contributed by atoms with van der Waals surface area (Å²) < 4.78 is 89.9. The first-order chi connectivity index (χ1) is 12.4. The van der Waals surface area contributed by atoms with Gasteiger partial charge in [0.2, 0.25) is 15.9 Å². The van der Waals surface area contributed by atoms with Gasteiger partial charge in [-0.1, -0.05) is 12.1 Å². The predicted octanol–water partition coefficient (Wildman–Crippen LogP) is 3.39. The number of amides is 1. The second kappa shape index (κ2) is 7.51. The number of hydrogen-bond acceptors (Lipinski definition) is 3. The summed E-state index contributed by atoms with van der Waals surface area (Å²) in [6.45, 7) is -1.01. The molecule has 11 heteroatoms. The van der Waals surface area contributed by atoms with Gasteiger partial charge in [-0.3, -0.25) is 9.10 Å². The molecule has 0 saturated carbocycles. The maximum atomic E-state index is 13.9. The van der Waals surface area contributed by atoms with E-state index in [1.54, 1.807) is 0 Å². The van der Waals surface area contributed by atoms with Crippen molar-refractivity contribution in [2.75, 3.05) is 22.4 Å². The Kier molecular flexibility index (Phi) is 5.73. The van der Waals surface area contributed by atoms with E-state index in [0.717, 1.165) is 30.3 Å². The molecule has 0 heterocycles. The summed E-state index contributed by atoms with van der Waals surface area (Å²) in [6, 6.07) is 6.11. The second-order valence-corrected chi connectivity index (χ2v) is 7.36. The van der Waals surface area contributed by atoms with Crippen LogP contribution in [0.4, 0.5) is 33.3 Å². The Bertz CT molecular complexity index is 961. The summed E-state index contributed by atoms with van der Waals surface area (Å²) >= 11 is 0. The van der Waals surface area contributed by atoms with E-state index in [0.29, 0.717) is 16.6 Å². The first-order valence-corrected chi connectivity index (χ1v) is 9.13. The summed E-state index contributed by atoms with van der Waals surface area (Å²) in [7, 11) is -4.19. The average Bonchev–Trinajstić information content (AvgIpc) is 2.52. The van der Waals surface area contributed by atoms with E-state index in [9.17, 15) is 35.2 Å². The molecule has 2 aromatic carbocycles. The van der Waals surface area contributed by atoms with Gasteiger partial charge in [-0.2, -0.15) is 13.2 Å². The van der Waals surface area contributed by atoms with E-state index in [2.05, 4.69) is 0 Å². The smallest absolute Gasteiger partial charge is 0.324 e. The van der Waals surface area contributed by atoms with E-state index in [-0.39, 0.29) is 0 Å². The molecule has 1 N–H and O–H groups in total. The molecule has 1 amide bonds. The van der Waals surface area contributed by atoms with Gasteiger partial charge in [0.05, 0.1) is 23.2 Å². The SMILES string of the molecule is CS(=O)(=O)N(CC(=O)Nc1ccccc1C(F)(F)F)c1ccc(F)cc1F. The van der Waals surface area contributed by atoms with Crippen LogP contribution in [0.1, 0.15) is 5.56 Å². The number of rotatable bonds is 5. The van der Waals surface area contributed by atoms with E-state index < -0.39 is 57.2 Å². The molecule has 5 nitrogen and oxygen atoms in total. The molecular weight excluding hydrogens is 395 g/mol. The molecule has 2 rings (SSSR count). The minimum atomic E-state index is -4.75. The van der Waals surface area contributed by atoms with Gasteiger partial charge >= 0.3 is 6.18 Å². The monoisotopic (exact) mass is 408 g/mol. The van der Waals surface area contributed by atoms with Crippen LogP contribution >= 0.6 is 0 Å². The molecule has 0 fully saturated rings. The number of carbonyl (C=O) groups excluding carboxylic acids is 1. The second-order valence-electron chi connectivity index (χ2n) is 5.46. The number of anilines is 2. The lowest BCUT2D eigenvalue weighted by molar-refractivity contribution is -0.137. The van der Waals surface area contributed by atoms with Gasteiger partial charge in [-0.15, -0.1) is 0 Å². The minimum Gasteiger partial charge on any atom is -0.324 e. The summed E-state index contributed by atoms with van der Waals surface area (Å²) in [5.41, 5.74) is -2.32. The van der Waals surface area contributed by atoms with Crippen LogP contribution in [-0.2, 0) is 21.0 Å². The fraction of sp³-hybridized carbons (Fsp3) is 0.188. The first-order valence-electron chi connectivity index (χ1n) is 7.28. The summed E-state index contributed by atoms with van der Waals surface area (Å²) in [4.78, 5) is 12.1. The van der Waals surface area contributed by atoms with Crippen molar-refractivity contribution in [1.29, 1.82) is 0 Å². The lowest BCUT2D eigenvalue weighted by atomic mass is 10.1. The first kappa shape index (κ1) is 20.6. The average molecular weight is 408 g/mol. The van der Waals surface area contributed by atoms with Crippen LogP contribution < -0.4 is 9.62 Å². The number of para-hydroxylation sites is 1. The Hall–Kier alpha value is -2.69. The molecule has 0 unspecified atom stereocenters. The number of nitrogens with zero attached hydrogens (tertiary/aromatic N) is 1. The third-order valence-corrected chi connectivity index (χ3v) is 4.50. The molecule has 0 bridgehead atoms. The van der Waals surface area contributed by atoms with Crippen molar-refractivity contribution < 1.29 is 35.2 Å². The summed E-state index contributed by atoms with van der Waals surface area (Å²) in [5.74, 6) is -3.35. The predicted molar refractivity (Wildman–Crippen MR) is 88.6 cm³/mol. The van der Waals surface area contributed by atoms with Crippen molar-refractivity contribution in [2.24, 2.45) is 0 Å². The van der Waals surface area contributed by atoms with Gasteiger partial charge in [-0.25, -0.2) is 17.2 Å². The molecule has 0 spiro atoms. The zero-order chi connectivity index (χ0) is 20.4. The Balaban J connectivity index is 2.31. The van der Waals surface area contributed by atoms with Gasteiger partial charge in [0, 0.05) is 6.07 Å². The van der Waals surface area contributed by atoms with E-state index in [1.165, 1.54) is 6.07 Å². The van der Waals surface area contributed by atoms with Crippen molar-refractivity contribution in [3.63, 3.8) is 0 Å². The minimum absolute atomic E-state index is 0.327. The topological polar surface area (TPSA) is 66.5 Å². The van der Waals surface area contributed by atoms with Crippen LogP contribution in [0.25, 0.3) is 0 Å². The standard InChI is InChI=1S/C16H13F5N2O3S/c1-27(25,26)23(14-7-6-10(17)8-12(14)18)9-15(24)22-13-5-3-2-4-11(13)16(19,20)21/h2-8H,9H2,1H3,(H,22,24). The van der Waals surface area contributed by atoms with E-state index >= 15 is 0 Å². The fourth-order valence-electron chi connectivity index (χ4n) is 2.22. The van der Waals surface area contributed by atoms with Gasteiger partial charge in [-0.05, 0) is 24.3 Å². The Morgan fingerprint density at radius 1 is 1.11 bits per heavy atom. The van der Waals surface area contributed by atoms with Crippen molar-refractivity contribution in [2.45, 2.75) is 6.18 Å². The van der Waals surface area contributed by atoms with Crippen molar-refractivity contribution in [3.05, 3.63) is 59.7 Å². The molecule has 0 aliphatic heterocycles. The molecule has 146 valence electrons. The molecule has 0 radical (unpaired) electrons. The number of carbonyl (C=O) groups is 1. The number of halogens is 5. The summed E-state index contributed by atoms with van der Waals surface area (Å²) in [5, 5.41) is 1.96. The van der Waals surface area contributed by atoms with Crippen LogP contribution in [0.3, 0.4) is 0 Å². The Morgan fingerprint density at radius 2 is 1.74 bits per heavy atom. The van der Waals surface area contributed by atoms with Crippen LogP contribution in [0.15, 0.2) is 42.5 Å². The van der Waals surface area contributed by atoms with Gasteiger partial charge in [0.25, 0.3) is 0 Å². The van der Waals surface area contributed by atoms with Crippen molar-refractivity contribution in [1.82, 2.24) is 0 Å². The van der Waals surface area contributed by atoms with Gasteiger partial charge in [0.15, 0.2) is 0 Å². The van der Waals surface area contributed by atoms with E-state index in [4.69, 9.17) is 0 Å². The fourth-order valence-corrected chi connectivity index (χ4v) is 3.08. The number of hydrogen-bond donors (Lipinski definition) is 1. The molecule has 2 aromatic rings. The maximum absolute atomic E-state index is 13.9. The molecule has 0 aromatic heterocycles. The Morgan fingerprint density at radius 3 is 2.30 bits per heavy atom. The molecule has 0 aliphatic rings. The van der Waals surface area contributed by atoms with Crippen LogP contribution in [0, 0.1) is 11.6 Å². The molecular formula is C16H13F5N2O3S. The number of alkyl halides is 3. The maximum Gasteiger partial charge on any atom is 0.418 e. The van der Waals surface area contributed by atoms with Crippen molar-refractivity contribution in [3.8, 4) is 0 Å². The summed E-state index contributed by atoms with van der Waals surface area (Å²) in [6.07, 6.45) is -4.07. The van der Waals surface area contributed by atoms with Crippen molar-refractivity contribution >= 4 is 27.3 Å². The highest BCUT2D eigenvalue weighted by molar-refractivity contribution is 7.92. The zero-order valence-corrected chi connectivity index (χ0v) is 14.5.